The third-order valence-electron chi connectivity index (χ3n) is 3.76. The lowest BCUT2D eigenvalue weighted by Crippen LogP contribution is -2.17. The summed E-state index contributed by atoms with van der Waals surface area (Å²) >= 11 is 1.27. The van der Waals surface area contributed by atoms with Crippen LogP contribution in [-0.4, -0.2) is 36.2 Å². The van der Waals surface area contributed by atoms with Gasteiger partial charge in [0.2, 0.25) is 5.75 Å². The normalized spacial score (nSPS) is 10.9. The van der Waals surface area contributed by atoms with Crippen molar-refractivity contribution in [3.63, 3.8) is 0 Å². The van der Waals surface area contributed by atoms with Gasteiger partial charge in [0.15, 0.2) is 5.13 Å². The van der Waals surface area contributed by atoms with E-state index in [2.05, 4.69) is 15.5 Å². The van der Waals surface area contributed by atoms with E-state index in [1.165, 1.54) is 43.9 Å². The van der Waals surface area contributed by atoms with Crippen LogP contribution in [0.4, 0.5) is 10.8 Å². The molecule has 1 aromatic heterocycles. The summed E-state index contributed by atoms with van der Waals surface area (Å²) in [7, 11) is 2.73. The van der Waals surface area contributed by atoms with E-state index in [9.17, 15) is 14.9 Å². The summed E-state index contributed by atoms with van der Waals surface area (Å²) in [4.78, 5) is 27.0. The zero-order valence-corrected chi connectivity index (χ0v) is 15.6. The number of nitrogens with zero attached hydrogens (tertiary/aromatic N) is 3. The molecule has 0 aliphatic heterocycles. The number of hydrogen-bond donors (Lipinski definition) is 2. The Balaban J connectivity index is 1.81. The summed E-state index contributed by atoms with van der Waals surface area (Å²) < 4.78 is 11.0. The molecule has 10 nitrogen and oxygen atoms in total. The smallest absolute Gasteiger partial charge is 0.311 e. The molecule has 0 saturated carbocycles. The van der Waals surface area contributed by atoms with E-state index in [0.717, 1.165) is 4.70 Å². The molecule has 0 aliphatic rings. The molecule has 28 heavy (non-hydrogen) atoms. The number of rotatable bonds is 6. The lowest BCUT2D eigenvalue weighted by Gasteiger charge is -2.08. The van der Waals surface area contributed by atoms with Crippen molar-refractivity contribution in [3.8, 4) is 11.5 Å². The lowest BCUT2D eigenvalue weighted by molar-refractivity contribution is -0.385. The second-order valence-corrected chi connectivity index (χ2v) is 6.52. The number of nitrogen functional groups attached to an aromatic ring is 1. The van der Waals surface area contributed by atoms with E-state index in [1.807, 2.05) is 0 Å². The van der Waals surface area contributed by atoms with Crippen LogP contribution in [0.25, 0.3) is 10.2 Å². The molecule has 3 rings (SSSR count). The molecule has 0 aliphatic carbocycles. The van der Waals surface area contributed by atoms with Crippen LogP contribution < -0.4 is 20.6 Å². The molecule has 0 unspecified atom stereocenters. The Morgan fingerprint density at radius 2 is 2.04 bits per heavy atom. The maximum Gasteiger partial charge on any atom is 0.311 e. The third kappa shape index (κ3) is 3.83. The minimum atomic E-state index is -0.579. The third-order valence-corrected chi connectivity index (χ3v) is 4.61. The summed E-state index contributed by atoms with van der Waals surface area (Å²) in [6.45, 7) is 0. The standard InChI is InChI=1S/C17H15N5O5S/c1-26-13-7-14(27-2)12(22(24)25)5-10(13)8-19-21-16(23)9-3-4-11-15(6-9)28-17(18)20-11/h3-8H,1-2H3,(H2,18,20)(H,21,23)/b19-8-. The highest BCUT2D eigenvalue weighted by molar-refractivity contribution is 7.22. The highest BCUT2D eigenvalue weighted by Crippen LogP contribution is 2.33. The van der Waals surface area contributed by atoms with E-state index in [4.69, 9.17) is 15.2 Å². The zero-order valence-electron chi connectivity index (χ0n) is 14.8. The number of thiazole rings is 1. The lowest BCUT2D eigenvalue weighted by atomic mass is 10.1. The number of anilines is 1. The number of amides is 1. The average molecular weight is 401 g/mol. The van der Waals surface area contributed by atoms with Gasteiger partial charge in [-0.1, -0.05) is 11.3 Å². The first-order valence-corrected chi connectivity index (χ1v) is 8.64. The molecule has 1 amide bonds. The Hall–Kier alpha value is -3.73. The van der Waals surface area contributed by atoms with Gasteiger partial charge in [-0.2, -0.15) is 5.10 Å². The topological polar surface area (TPSA) is 142 Å². The number of fused-ring (bicyclic) bond motifs is 1. The highest BCUT2D eigenvalue weighted by Gasteiger charge is 2.19. The quantitative estimate of drug-likeness (QED) is 0.367. The number of hydrazone groups is 1. The van der Waals surface area contributed by atoms with Crippen molar-refractivity contribution < 1.29 is 19.2 Å². The molecule has 1 heterocycles. The van der Waals surface area contributed by atoms with Crippen molar-refractivity contribution in [2.24, 2.45) is 5.10 Å². The number of benzene rings is 2. The Bertz CT molecular complexity index is 1090. The SMILES string of the molecule is COc1cc(OC)c([N+](=O)[O-])cc1/C=N\NC(=O)c1ccc2nc(N)sc2c1. The average Bonchev–Trinajstić information content (AvgIpc) is 3.06. The van der Waals surface area contributed by atoms with E-state index in [-0.39, 0.29) is 11.4 Å². The van der Waals surface area contributed by atoms with Crippen LogP contribution in [0, 0.1) is 10.1 Å². The van der Waals surface area contributed by atoms with Gasteiger partial charge in [0.1, 0.15) is 5.75 Å². The molecule has 11 heteroatoms. The van der Waals surface area contributed by atoms with Gasteiger partial charge < -0.3 is 15.2 Å². The second kappa shape index (κ2) is 7.88. The van der Waals surface area contributed by atoms with Gasteiger partial charge in [-0.25, -0.2) is 10.4 Å². The molecule has 0 atom stereocenters. The van der Waals surface area contributed by atoms with Gasteiger partial charge in [-0.05, 0) is 18.2 Å². The van der Waals surface area contributed by atoms with Crippen LogP contribution in [0.5, 0.6) is 11.5 Å². The Morgan fingerprint density at radius 3 is 2.71 bits per heavy atom. The number of carbonyl (C=O) groups excluding carboxylic acids is 1. The van der Waals surface area contributed by atoms with Gasteiger partial charge in [-0.15, -0.1) is 0 Å². The molecule has 144 valence electrons. The van der Waals surface area contributed by atoms with Crippen molar-refractivity contribution in [1.29, 1.82) is 0 Å². The molecule has 3 aromatic rings. The minimum Gasteiger partial charge on any atom is -0.496 e. The number of hydrogen-bond acceptors (Lipinski definition) is 9. The summed E-state index contributed by atoms with van der Waals surface area (Å²) in [6, 6.07) is 7.58. The molecule has 0 bridgehead atoms. The summed E-state index contributed by atoms with van der Waals surface area (Å²) in [6.07, 6.45) is 1.26. The number of aromatic nitrogens is 1. The van der Waals surface area contributed by atoms with Crippen LogP contribution in [0.3, 0.4) is 0 Å². The van der Waals surface area contributed by atoms with E-state index in [1.54, 1.807) is 18.2 Å². The van der Waals surface area contributed by atoms with Crippen molar-refractivity contribution >= 4 is 44.5 Å². The van der Waals surface area contributed by atoms with Gasteiger partial charge in [-0.3, -0.25) is 14.9 Å². The second-order valence-electron chi connectivity index (χ2n) is 5.46. The summed E-state index contributed by atoms with van der Waals surface area (Å²) in [5, 5.41) is 15.4. The van der Waals surface area contributed by atoms with Crippen molar-refractivity contribution in [3.05, 3.63) is 51.6 Å². The predicted octanol–water partition coefficient (Wildman–Crippen LogP) is 2.57. The molecule has 2 aromatic carbocycles. The largest absolute Gasteiger partial charge is 0.496 e. The Kier molecular flexibility index (Phi) is 5.36. The predicted molar refractivity (Wildman–Crippen MR) is 105 cm³/mol. The first-order chi connectivity index (χ1) is 13.4. The summed E-state index contributed by atoms with van der Waals surface area (Å²) in [5.74, 6) is -0.0886. The monoisotopic (exact) mass is 401 g/mol. The van der Waals surface area contributed by atoms with Crippen molar-refractivity contribution in [2.45, 2.75) is 0 Å². The van der Waals surface area contributed by atoms with Gasteiger partial charge in [0.05, 0.1) is 35.6 Å². The number of carbonyl (C=O) groups is 1. The van der Waals surface area contributed by atoms with Crippen LogP contribution in [0.15, 0.2) is 35.4 Å². The minimum absolute atomic E-state index is 0.0557. The van der Waals surface area contributed by atoms with Crippen molar-refractivity contribution in [2.75, 3.05) is 20.0 Å². The fraction of sp³-hybridized carbons (Fsp3) is 0.118. The number of nitro benzene ring substituents is 1. The number of ether oxygens (including phenoxy) is 2. The van der Waals surface area contributed by atoms with E-state index < -0.39 is 10.8 Å². The molecule has 3 N–H and O–H groups in total. The Morgan fingerprint density at radius 1 is 1.29 bits per heavy atom. The molecular weight excluding hydrogens is 386 g/mol. The summed E-state index contributed by atoms with van der Waals surface area (Å²) in [5.41, 5.74) is 9.17. The maximum atomic E-state index is 12.3. The van der Waals surface area contributed by atoms with Gasteiger partial charge in [0, 0.05) is 23.3 Å². The first kappa shape index (κ1) is 19.0. The number of nitro groups is 1. The van der Waals surface area contributed by atoms with Crippen LogP contribution in [0.2, 0.25) is 0 Å². The van der Waals surface area contributed by atoms with Crippen molar-refractivity contribution in [1.82, 2.24) is 10.4 Å². The fourth-order valence-electron chi connectivity index (χ4n) is 2.46. The van der Waals surface area contributed by atoms with Crippen LogP contribution in [-0.2, 0) is 0 Å². The number of methoxy groups -OCH3 is 2. The van der Waals surface area contributed by atoms with E-state index in [0.29, 0.717) is 27.5 Å². The molecule has 0 saturated heterocycles. The Labute approximate surface area is 162 Å². The fourth-order valence-corrected chi connectivity index (χ4v) is 3.23. The number of nitrogens with two attached hydrogens (primary N) is 1. The van der Waals surface area contributed by atoms with Gasteiger partial charge in [0.25, 0.3) is 5.91 Å². The molecular formula is C17H15N5O5S. The molecule has 0 spiro atoms. The number of nitrogens with one attached hydrogen (secondary N) is 1. The molecule has 0 fully saturated rings. The van der Waals surface area contributed by atoms with Crippen LogP contribution >= 0.6 is 11.3 Å². The van der Waals surface area contributed by atoms with Crippen LogP contribution in [0.1, 0.15) is 15.9 Å². The van der Waals surface area contributed by atoms with Gasteiger partial charge >= 0.3 is 5.69 Å². The van der Waals surface area contributed by atoms with E-state index >= 15 is 0 Å². The zero-order chi connectivity index (χ0) is 20.3. The first-order valence-electron chi connectivity index (χ1n) is 7.82. The highest BCUT2D eigenvalue weighted by atomic mass is 32.1. The molecule has 0 radical (unpaired) electrons. The maximum absolute atomic E-state index is 12.3.